The van der Waals surface area contributed by atoms with E-state index in [1.807, 2.05) is 25.1 Å². The molecule has 0 heterocycles. The molecule has 0 bridgehead atoms. The molecule has 1 rings (SSSR count). The van der Waals surface area contributed by atoms with Gasteiger partial charge in [-0.25, -0.2) is 0 Å². The van der Waals surface area contributed by atoms with Gasteiger partial charge in [-0.15, -0.1) is 0 Å². The van der Waals surface area contributed by atoms with Gasteiger partial charge in [0.25, 0.3) is 0 Å². The van der Waals surface area contributed by atoms with Crippen LogP contribution < -0.4 is 15.2 Å². The van der Waals surface area contributed by atoms with Gasteiger partial charge >= 0.3 is 0 Å². The van der Waals surface area contributed by atoms with Crippen molar-refractivity contribution >= 4 is 17.7 Å². The van der Waals surface area contributed by atoms with Crippen LogP contribution >= 0.6 is 11.6 Å². The molecule has 3 nitrogen and oxygen atoms in total. The van der Waals surface area contributed by atoms with Crippen molar-refractivity contribution in [2.45, 2.75) is 6.92 Å². The van der Waals surface area contributed by atoms with Crippen molar-refractivity contribution in [3.63, 3.8) is 0 Å². The zero-order valence-electron chi connectivity index (χ0n) is 9.71. The highest BCUT2D eigenvalue weighted by molar-refractivity contribution is 6.33. The summed E-state index contributed by atoms with van der Waals surface area (Å²) in [6.07, 6.45) is 3.79. The number of hydrogen-bond acceptors (Lipinski definition) is 3. The van der Waals surface area contributed by atoms with Gasteiger partial charge in [-0.2, -0.15) is 0 Å². The topological polar surface area (TPSA) is 44.5 Å². The molecule has 4 heteroatoms. The SMILES string of the molecule is COc1cc(/C=C/CN)c(C)c(Cl)c1OC. The number of ether oxygens (including phenoxy) is 2. The summed E-state index contributed by atoms with van der Waals surface area (Å²) in [7, 11) is 3.15. The Bertz CT molecular complexity index is 402. The van der Waals surface area contributed by atoms with E-state index in [0.29, 0.717) is 23.1 Å². The van der Waals surface area contributed by atoms with Gasteiger partial charge < -0.3 is 15.2 Å². The van der Waals surface area contributed by atoms with E-state index in [0.717, 1.165) is 11.1 Å². The van der Waals surface area contributed by atoms with Gasteiger partial charge in [0.15, 0.2) is 11.5 Å². The summed E-state index contributed by atoms with van der Waals surface area (Å²) in [6.45, 7) is 2.42. The third-order valence-corrected chi connectivity index (χ3v) is 2.78. The van der Waals surface area contributed by atoms with Gasteiger partial charge in [0, 0.05) is 6.54 Å². The molecular weight excluding hydrogens is 226 g/mol. The maximum atomic E-state index is 6.19. The van der Waals surface area contributed by atoms with Gasteiger partial charge in [0.2, 0.25) is 0 Å². The minimum Gasteiger partial charge on any atom is -0.493 e. The Morgan fingerprint density at radius 3 is 2.56 bits per heavy atom. The van der Waals surface area contributed by atoms with E-state index in [2.05, 4.69) is 0 Å². The second-order valence-corrected chi connectivity index (χ2v) is 3.66. The molecule has 2 N–H and O–H groups in total. The van der Waals surface area contributed by atoms with Crippen molar-refractivity contribution in [3.8, 4) is 11.5 Å². The van der Waals surface area contributed by atoms with Crippen LogP contribution in [-0.4, -0.2) is 20.8 Å². The molecule has 0 fully saturated rings. The number of methoxy groups -OCH3 is 2. The van der Waals surface area contributed by atoms with Crippen molar-refractivity contribution in [3.05, 3.63) is 28.3 Å². The Morgan fingerprint density at radius 2 is 2.06 bits per heavy atom. The zero-order chi connectivity index (χ0) is 12.1. The molecule has 16 heavy (non-hydrogen) atoms. The standard InChI is InChI=1S/C12H16ClNO2/c1-8-9(5-4-6-14)7-10(15-2)12(16-3)11(8)13/h4-5,7H,6,14H2,1-3H3/b5-4+. The second kappa shape index (κ2) is 5.77. The molecule has 0 aliphatic rings. The first-order valence-corrected chi connectivity index (χ1v) is 5.31. The lowest BCUT2D eigenvalue weighted by Gasteiger charge is -2.13. The summed E-state index contributed by atoms with van der Waals surface area (Å²) >= 11 is 6.19. The molecule has 0 unspecified atom stereocenters. The fraction of sp³-hybridized carbons (Fsp3) is 0.333. The average Bonchev–Trinajstić information content (AvgIpc) is 2.30. The van der Waals surface area contributed by atoms with Gasteiger partial charge in [0.05, 0.1) is 19.2 Å². The minimum atomic E-state index is 0.491. The molecule has 0 saturated carbocycles. The molecule has 0 aromatic heterocycles. The van der Waals surface area contributed by atoms with E-state index in [-0.39, 0.29) is 0 Å². The summed E-state index contributed by atoms with van der Waals surface area (Å²) in [5.41, 5.74) is 7.34. The Hall–Kier alpha value is -1.19. The van der Waals surface area contributed by atoms with Crippen LogP contribution in [0, 0.1) is 6.92 Å². The number of halogens is 1. The van der Waals surface area contributed by atoms with E-state index in [9.17, 15) is 0 Å². The van der Waals surface area contributed by atoms with Crippen molar-refractivity contribution < 1.29 is 9.47 Å². The highest BCUT2D eigenvalue weighted by atomic mass is 35.5. The largest absolute Gasteiger partial charge is 0.493 e. The quantitative estimate of drug-likeness (QED) is 0.882. The molecule has 88 valence electrons. The Balaban J connectivity index is 3.32. The Labute approximate surface area is 101 Å². The zero-order valence-corrected chi connectivity index (χ0v) is 10.5. The predicted molar refractivity (Wildman–Crippen MR) is 67.4 cm³/mol. The van der Waals surface area contributed by atoms with Crippen molar-refractivity contribution in [2.75, 3.05) is 20.8 Å². The first kappa shape index (κ1) is 12.9. The lowest BCUT2D eigenvalue weighted by Crippen LogP contribution is -1.96. The fourth-order valence-electron chi connectivity index (χ4n) is 1.43. The van der Waals surface area contributed by atoms with Crippen molar-refractivity contribution in [2.24, 2.45) is 5.73 Å². The maximum Gasteiger partial charge on any atom is 0.179 e. The van der Waals surface area contributed by atoms with Gasteiger partial charge in [-0.05, 0) is 24.1 Å². The molecule has 0 radical (unpaired) electrons. The highest BCUT2D eigenvalue weighted by Crippen LogP contribution is 2.39. The van der Waals surface area contributed by atoms with Crippen LogP contribution in [0.4, 0.5) is 0 Å². The first-order chi connectivity index (χ1) is 7.65. The molecule has 1 aromatic rings. The summed E-state index contributed by atoms with van der Waals surface area (Å²) in [5, 5.41) is 0.568. The van der Waals surface area contributed by atoms with Crippen LogP contribution in [0.1, 0.15) is 11.1 Å². The smallest absolute Gasteiger partial charge is 0.179 e. The number of rotatable bonds is 4. The van der Waals surface area contributed by atoms with E-state index in [4.69, 9.17) is 26.8 Å². The molecule has 1 aromatic carbocycles. The van der Waals surface area contributed by atoms with Crippen LogP contribution in [0.25, 0.3) is 6.08 Å². The van der Waals surface area contributed by atoms with Crippen LogP contribution in [0.2, 0.25) is 5.02 Å². The van der Waals surface area contributed by atoms with Gasteiger partial charge in [0.1, 0.15) is 0 Å². The monoisotopic (exact) mass is 241 g/mol. The maximum absolute atomic E-state index is 6.19. The summed E-state index contributed by atoms with van der Waals surface area (Å²) in [6, 6.07) is 1.88. The van der Waals surface area contributed by atoms with Crippen LogP contribution in [-0.2, 0) is 0 Å². The first-order valence-electron chi connectivity index (χ1n) is 4.93. The fourth-order valence-corrected chi connectivity index (χ4v) is 1.71. The molecule has 0 aliphatic heterocycles. The Kier molecular flexibility index (Phi) is 4.65. The second-order valence-electron chi connectivity index (χ2n) is 3.28. The number of benzene rings is 1. The lowest BCUT2D eigenvalue weighted by atomic mass is 10.1. The highest BCUT2D eigenvalue weighted by Gasteiger charge is 2.13. The van der Waals surface area contributed by atoms with E-state index < -0.39 is 0 Å². The number of hydrogen-bond donors (Lipinski definition) is 1. The van der Waals surface area contributed by atoms with E-state index in [1.165, 1.54) is 0 Å². The minimum absolute atomic E-state index is 0.491. The summed E-state index contributed by atoms with van der Waals surface area (Å²) in [5.74, 6) is 1.18. The summed E-state index contributed by atoms with van der Waals surface area (Å²) < 4.78 is 10.4. The van der Waals surface area contributed by atoms with Crippen LogP contribution in [0.5, 0.6) is 11.5 Å². The molecule has 0 aliphatic carbocycles. The van der Waals surface area contributed by atoms with Crippen molar-refractivity contribution in [1.82, 2.24) is 0 Å². The predicted octanol–water partition coefficient (Wildman–Crippen LogP) is 2.64. The summed E-state index contributed by atoms with van der Waals surface area (Å²) in [4.78, 5) is 0. The molecule has 0 amide bonds. The molecule has 0 spiro atoms. The van der Waals surface area contributed by atoms with E-state index >= 15 is 0 Å². The molecular formula is C12H16ClNO2. The average molecular weight is 242 g/mol. The van der Waals surface area contributed by atoms with Crippen LogP contribution in [0.15, 0.2) is 12.1 Å². The number of nitrogens with two attached hydrogens (primary N) is 1. The lowest BCUT2D eigenvalue weighted by molar-refractivity contribution is 0.355. The van der Waals surface area contributed by atoms with Crippen molar-refractivity contribution in [1.29, 1.82) is 0 Å². The molecule has 0 atom stereocenters. The third kappa shape index (κ3) is 2.49. The van der Waals surface area contributed by atoms with Gasteiger partial charge in [-0.3, -0.25) is 0 Å². The van der Waals surface area contributed by atoms with Crippen LogP contribution in [0.3, 0.4) is 0 Å². The molecule has 0 saturated heterocycles. The normalized spacial score (nSPS) is 10.8. The van der Waals surface area contributed by atoms with E-state index in [1.54, 1.807) is 14.2 Å². The Morgan fingerprint density at radius 1 is 1.38 bits per heavy atom. The third-order valence-electron chi connectivity index (χ3n) is 2.33. The van der Waals surface area contributed by atoms with Gasteiger partial charge in [-0.1, -0.05) is 23.8 Å².